The third-order valence-corrected chi connectivity index (χ3v) is 9.91. The quantitative estimate of drug-likeness (QED) is 0.0203. The minimum absolute atomic E-state index is 0.0244. The highest BCUT2D eigenvalue weighted by Gasteiger charge is 2.20. The number of rotatable bonds is 39. The molecule has 2 unspecified atom stereocenters. The molecule has 2 atom stereocenters. The summed E-state index contributed by atoms with van der Waals surface area (Å²) < 4.78 is 34.5. The van der Waals surface area contributed by atoms with Crippen LogP contribution in [0, 0.1) is 0 Å². The maximum Gasteiger partial charge on any atom is 0.306 e. The third-order valence-electron chi connectivity index (χ3n) is 8.94. The lowest BCUT2D eigenvalue weighted by Gasteiger charge is -2.28. The van der Waals surface area contributed by atoms with E-state index in [1.165, 1.54) is 103 Å². The number of carbonyl (C=O) groups excluding carboxylic acids is 1. The number of carbonyl (C=O) groups is 1. The van der Waals surface area contributed by atoms with Crippen LogP contribution in [0.3, 0.4) is 0 Å². The number of hydrogen-bond acceptors (Lipinski definition) is 7. The second-order valence-corrected chi connectivity index (χ2v) is 16.8. The Morgan fingerprint density at radius 2 is 1.06 bits per heavy atom. The summed E-state index contributed by atoms with van der Waals surface area (Å²) in [5.74, 6) is -0.341. The van der Waals surface area contributed by atoms with Gasteiger partial charge in [0.25, 0.3) is 7.82 Å². The van der Waals surface area contributed by atoms with Gasteiger partial charge in [-0.1, -0.05) is 153 Å². The van der Waals surface area contributed by atoms with Crippen molar-refractivity contribution >= 4 is 13.8 Å². The first-order chi connectivity index (χ1) is 25.1. The fourth-order valence-corrected chi connectivity index (χ4v) is 6.34. The molecule has 0 fully saturated rings. The molecular weight excluding hydrogens is 673 g/mol. The molecule has 0 saturated heterocycles. The molecule has 9 heteroatoms. The molecule has 0 aromatic heterocycles. The molecule has 0 aliphatic carbocycles. The molecule has 0 spiro atoms. The minimum Gasteiger partial charge on any atom is -0.756 e. The van der Waals surface area contributed by atoms with Crippen molar-refractivity contribution in [2.24, 2.45) is 0 Å². The molecule has 0 rings (SSSR count). The van der Waals surface area contributed by atoms with Gasteiger partial charge in [0.15, 0.2) is 0 Å². The van der Waals surface area contributed by atoms with E-state index in [-0.39, 0.29) is 25.8 Å². The van der Waals surface area contributed by atoms with E-state index in [9.17, 15) is 14.3 Å². The van der Waals surface area contributed by atoms with E-state index in [1.807, 2.05) is 21.1 Å². The van der Waals surface area contributed by atoms with Gasteiger partial charge in [-0.15, -0.1) is 0 Å². The number of esters is 1. The number of phosphoric acid groups is 1. The summed E-state index contributed by atoms with van der Waals surface area (Å²) in [6, 6.07) is 0. The van der Waals surface area contributed by atoms with Crippen LogP contribution in [-0.2, 0) is 27.9 Å². The number of phosphoric ester groups is 1. The lowest BCUT2D eigenvalue weighted by Crippen LogP contribution is -2.37. The largest absolute Gasteiger partial charge is 0.756 e. The van der Waals surface area contributed by atoms with E-state index >= 15 is 0 Å². The van der Waals surface area contributed by atoms with Gasteiger partial charge in [-0.3, -0.25) is 9.36 Å². The summed E-state index contributed by atoms with van der Waals surface area (Å²) >= 11 is 0. The van der Waals surface area contributed by atoms with E-state index < -0.39 is 13.9 Å². The van der Waals surface area contributed by atoms with Crippen LogP contribution in [0.5, 0.6) is 0 Å². The average Bonchev–Trinajstić information content (AvgIpc) is 3.09. The lowest BCUT2D eigenvalue weighted by molar-refractivity contribution is -0.870. The van der Waals surface area contributed by atoms with Gasteiger partial charge >= 0.3 is 5.97 Å². The first-order valence-corrected chi connectivity index (χ1v) is 22.7. The Hall–Kier alpha value is -1.28. The van der Waals surface area contributed by atoms with Crippen LogP contribution in [0.25, 0.3) is 0 Å². The summed E-state index contributed by atoms with van der Waals surface area (Å²) in [6.45, 7) is 5.35. The fourth-order valence-electron chi connectivity index (χ4n) is 5.61. The van der Waals surface area contributed by atoms with Crippen molar-refractivity contribution < 1.29 is 37.3 Å². The van der Waals surface area contributed by atoms with Gasteiger partial charge in [0.05, 0.1) is 34.4 Å². The summed E-state index contributed by atoms with van der Waals surface area (Å²) in [7, 11) is 1.35. The number of allylic oxidation sites excluding steroid dienone is 6. The highest BCUT2D eigenvalue weighted by molar-refractivity contribution is 7.45. The number of quaternary nitrogens is 1. The van der Waals surface area contributed by atoms with Crippen LogP contribution in [0.2, 0.25) is 0 Å². The summed E-state index contributed by atoms with van der Waals surface area (Å²) in [5, 5.41) is 0. The molecule has 0 aliphatic heterocycles. The zero-order valence-electron chi connectivity index (χ0n) is 34.5. The van der Waals surface area contributed by atoms with Crippen LogP contribution < -0.4 is 4.89 Å². The van der Waals surface area contributed by atoms with Crippen molar-refractivity contribution in [3.05, 3.63) is 36.5 Å². The molecule has 0 aromatic carbocycles. The Bertz CT molecular complexity index is 931. The van der Waals surface area contributed by atoms with Crippen molar-refractivity contribution in [2.75, 3.05) is 54.1 Å². The molecule has 0 amide bonds. The van der Waals surface area contributed by atoms with Gasteiger partial charge in [0.2, 0.25) is 0 Å². The van der Waals surface area contributed by atoms with Gasteiger partial charge in [0, 0.05) is 13.0 Å². The van der Waals surface area contributed by atoms with Crippen molar-refractivity contribution in [3.63, 3.8) is 0 Å². The Labute approximate surface area is 321 Å². The van der Waals surface area contributed by atoms with Crippen LogP contribution in [0.4, 0.5) is 0 Å². The van der Waals surface area contributed by atoms with Gasteiger partial charge in [-0.05, 0) is 51.4 Å². The van der Waals surface area contributed by atoms with E-state index in [0.717, 1.165) is 51.4 Å². The van der Waals surface area contributed by atoms with Gasteiger partial charge in [0.1, 0.15) is 19.3 Å². The number of unbranched alkanes of at least 4 members (excludes halogenated alkanes) is 19. The molecule has 306 valence electrons. The zero-order valence-corrected chi connectivity index (χ0v) is 35.4. The standard InChI is InChI=1S/C43H82NO7P/c1-6-8-10-12-14-16-18-19-20-21-22-23-24-25-26-27-29-31-33-35-38-48-40-42(41-50-52(46,47)49-39-37-44(3,4)5)51-43(45)36-34-32-30-28-17-15-13-11-9-7-2/h14,16,19-20,22-23,42H,6-13,15,17-18,21,24-41H2,1-5H3/b16-14-,20-19-,23-22-. The number of ether oxygens (including phenoxy) is 2. The SMILES string of the molecule is CCCCC/C=C\C/C=C\C/C=C\CCCCCCCCCOCC(COP(=O)([O-])OCC[N+](C)(C)C)OC(=O)CCCCCCCCCCCC. The summed E-state index contributed by atoms with van der Waals surface area (Å²) in [5.41, 5.74) is 0. The second-order valence-electron chi connectivity index (χ2n) is 15.4. The Morgan fingerprint density at radius 1 is 0.596 bits per heavy atom. The molecule has 0 heterocycles. The first kappa shape index (κ1) is 50.7. The molecule has 8 nitrogen and oxygen atoms in total. The van der Waals surface area contributed by atoms with Crippen molar-refractivity contribution in [2.45, 2.75) is 180 Å². The van der Waals surface area contributed by atoms with E-state index in [1.54, 1.807) is 0 Å². The number of nitrogens with zero attached hydrogens (tertiary/aromatic N) is 1. The van der Waals surface area contributed by atoms with E-state index in [4.69, 9.17) is 18.5 Å². The van der Waals surface area contributed by atoms with Gasteiger partial charge in [-0.25, -0.2) is 0 Å². The van der Waals surface area contributed by atoms with Crippen LogP contribution >= 0.6 is 7.82 Å². The van der Waals surface area contributed by atoms with Crippen LogP contribution in [-0.4, -0.2) is 70.7 Å². The minimum atomic E-state index is -4.52. The number of likely N-dealkylation sites (N-methyl/N-ethyl adjacent to an activating group) is 1. The Morgan fingerprint density at radius 3 is 1.62 bits per heavy atom. The average molecular weight is 756 g/mol. The van der Waals surface area contributed by atoms with Gasteiger partial charge in [-0.2, -0.15) is 0 Å². The smallest absolute Gasteiger partial charge is 0.306 e. The summed E-state index contributed by atoms with van der Waals surface area (Å²) in [4.78, 5) is 24.9. The second kappa shape index (κ2) is 36.7. The lowest BCUT2D eigenvalue weighted by atomic mass is 10.1. The monoisotopic (exact) mass is 756 g/mol. The van der Waals surface area contributed by atoms with Crippen molar-refractivity contribution in [1.29, 1.82) is 0 Å². The maximum absolute atomic E-state index is 12.6. The summed E-state index contributed by atoms with van der Waals surface area (Å²) in [6.07, 6.45) is 41.5. The number of hydrogen-bond donors (Lipinski definition) is 0. The molecule has 0 aromatic rings. The Balaban J connectivity index is 4.20. The fraction of sp³-hybridized carbons (Fsp3) is 0.837. The molecule has 0 N–H and O–H groups in total. The molecule has 0 saturated carbocycles. The molecule has 52 heavy (non-hydrogen) atoms. The topological polar surface area (TPSA) is 94.1 Å². The maximum atomic E-state index is 12.6. The predicted molar refractivity (Wildman–Crippen MR) is 217 cm³/mol. The highest BCUT2D eigenvalue weighted by atomic mass is 31.2. The molecule has 0 aliphatic rings. The van der Waals surface area contributed by atoms with Crippen molar-refractivity contribution in [1.82, 2.24) is 0 Å². The van der Waals surface area contributed by atoms with Crippen molar-refractivity contribution in [3.8, 4) is 0 Å². The van der Waals surface area contributed by atoms with Crippen LogP contribution in [0.1, 0.15) is 174 Å². The third kappa shape index (κ3) is 39.9. The molecule has 0 radical (unpaired) electrons. The van der Waals surface area contributed by atoms with Crippen LogP contribution in [0.15, 0.2) is 36.5 Å². The van der Waals surface area contributed by atoms with E-state index in [0.29, 0.717) is 24.1 Å². The van der Waals surface area contributed by atoms with Gasteiger partial charge < -0.3 is 27.9 Å². The van der Waals surface area contributed by atoms with E-state index in [2.05, 4.69) is 50.3 Å². The predicted octanol–water partition coefficient (Wildman–Crippen LogP) is 11.6. The Kier molecular flexibility index (Phi) is 35.8. The normalized spacial score (nSPS) is 14.2. The highest BCUT2D eigenvalue weighted by Crippen LogP contribution is 2.38. The molecular formula is C43H82NO7P. The first-order valence-electron chi connectivity index (χ1n) is 21.2. The molecule has 0 bridgehead atoms. The zero-order chi connectivity index (χ0) is 38.4.